The Morgan fingerprint density at radius 2 is 1.64 bits per heavy atom. The van der Waals surface area contributed by atoms with Gasteiger partial charge in [0.15, 0.2) is 28.2 Å². The number of methoxy groups -OCH3 is 2. The summed E-state index contributed by atoms with van der Waals surface area (Å²) in [6.45, 7) is 6.15. The minimum atomic E-state index is -4.28. The number of aryl methyl sites for hydroxylation is 1. The molecule has 1 N–H and O–H groups in total. The summed E-state index contributed by atoms with van der Waals surface area (Å²) in [6.07, 6.45) is 2.72. The summed E-state index contributed by atoms with van der Waals surface area (Å²) < 4.78 is 56.1. The van der Waals surface area contributed by atoms with Crippen molar-refractivity contribution in [2.75, 3.05) is 25.7 Å². The van der Waals surface area contributed by atoms with E-state index in [0.29, 0.717) is 5.75 Å². The van der Waals surface area contributed by atoms with Crippen molar-refractivity contribution in [3.63, 3.8) is 0 Å². The Balaban J connectivity index is 1.74. The molecule has 0 atom stereocenters. The minimum Gasteiger partial charge on any atom is -0.493 e. The predicted octanol–water partition coefficient (Wildman–Crippen LogP) is 4.56. The number of anilines is 1. The number of carbonyl (C=O) groups excluding carboxylic acids is 2. The van der Waals surface area contributed by atoms with Gasteiger partial charge in [-0.15, -0.1) is 0 Å². The largest absolute Gasteiger partial charge is 0.493 e. The quantitative estimate of drug-likeness (QED) is 0.179. The van der Waals surface area contributed by atoms with Gasteiger partial charge in [-0.1, -0.05) is 18.2 Å². The van der Waals surface area contributed by atoms with Gasteiger partial charge >= 0.3 is 11.9 Å². The van der Waals surface area contributed by atoms with E-state index in [4.69, 9.17) is 23.7 Å². The third kappa shape index (κ3) is 8.00. The first-order valence-corrected chi connectivity index (χ1v) is 14.8. The lowest BCUT2D eigenvalue weighted by Crippen LogP contribution is -2.24. The van der Waals surface area contributed by atoms with Crippen LogP contribution >= 0.6 is 0 Å². The van der Waals surface area contributed by atoms with Crippen LogP contribution in [-0.2, 0) is 24.3 Å². The number of aromatic nitrogens is 4. The van der Waals surface area contributed by atoms with Crippen molar-refractivity contribution >= 4 is 27.8 Å². The van der Waals surface area contributed by atoms with Gasteiger partial charge in [-0.25, -0.2) is 19.7 Å². The zero-order valence-corrected chi connectivity index (χ0v) is 26.2. The number of pyridine rings is 2. The number of nitrogens with zero attached hydrogens (tertiary/aromatic N) is 4. The third-order valence-electron chi connectivity index (χ3n) is 5.92. The molecule has 0 saturated carbocycles. The highest BCUT2D eigenvalue weighted by Crippen LogP contribution is 2.41. The molecule has 0 aliphatic carbocycles. The summed E-state index contributed by atoms with van der Waals surface area (Å²) in [5.74, 6) is -1.51. The number of ether oxygens (including phenoxy) is 5. The van der Waals surface area contributed by atoms with Crippen LogP contribution in [0.4, 0.5) is 5.82 Å². The van der Waals surface area contributed by atoms with Gasteiger partial charge in [0.25, 0.3) is 15.9 Å². The number of benzene rings is 1. The lowest BCUT2D eigenvalue weighted by atomic mass is 9.98. The van der Waals surface area contributed by atoms with E-state index >= 15 is 0 Å². The Morgan fingerprint density at radius 1 is 0.911 bits per heavy atom. The van der Waals surface area contributed by atoms with E-state index in [9.17, 15) is 18.0 Å². The first kappa shape index (κ1) is 32.6. The van der Waals surface area contributed by atoms with E-state index in [-0.39, 0.29) is 45.3 Å². The summed E-state index contributed by atoms with van der Waals surface area (Å²) in [7, 11) is -1.51. The molecule has 0 saturated heterocycles. The first-order valence-electron chi connectivity index (χ1n) is 13.4. The van der Waals surface area contributed by atoms with Gasteiger partial charge < -0.3 is 23.7 Å². The zero-order chi connectivity index (χ0) is 32.8. The lowest BCUT2D eigenvalue weighted by molar-refractivity contribution is -0.161. The maximum Gasteiger partial charge on any atom is 0.359 e. The Hall–Kier alpha value is -5.31. The van der Waals surface area contributed by atoms with E-state index in [1.54, 1.807) is 58.0 Å². The molecule has 0 radical (unpaired) electrons. The average molecular weight is 638 g/mol. The van der Waals surface area contributed by atoms with Gasteiger partial charge in [-0.05, 0) is 63.6 Å². The van der Waals surface area contributed by atoms with Crippen molar-refractivity contribution in [3.8, 4) is 34.5 Å². The van der Waals surface area contributed by atoms with Crippen molar-refractivity contribution in [1.29, 1.82) is 0 Å². The molecule has 0 fully saturated rings. The second-order valence-electron chi connectivity index (χ2n) is 10.4. The van der Waals surface area contributed by atoms with Crippen LogP contribution in [0.1, 0.15) is 36.8 Å². The summed E-state index contributed by atoms with van der Waals surface area (Å²) >= 11 is 0. The minimum absolute atomic E-state index is 0.0515. The molecule has 0 spiro atoms. The number of esters is 2. The number of hydrogen-bond donors (Lipinski definition) is 1. The molecule has 3 heterocycles. The number of hydrogen-bond acceptors (Lipinski definition) is 13. The van der Waals surface area contributed by atoms with Gasteiger partial charge in [-0.3, -0.25) is 9.52 Å². The van der Waals surface area contributed by atoms with Crippen LogP contribution in [0.5, 0.6) is 23.1 Å². The standard InChI is InChI=1S/C30H31N5O9S/c1-18-11-12-23(32-16-18)45(38,39)35-26-24(44-22-10-8-7-9-21(22)40-5)27(41-6)34-25(33-26)19-13-14-31-20(15-19)28(36)42-17-43-29(37)30(2,3)4/h7-16H,17H2,1-6H3,(H,33,34,35). The Bertz CT molecular complexity index is 1810. The number of carbonyl (C=O) groups is 2. The molecule has 45 heavy (non-hydrogen) atoms. The van der Waals surface area contributed by atoms with Crippen molar-refractivity contribution in [2.24, 2.45) is 5.41 Å². The van der Waals surface area contributed by atoms with Crippen LogP contribution in [0.3, 0.4) is 0 Å². The SMILES string of the molecule is COc1ccccc1Oc1c(NS(=O)(=O)c2ccc(C)cn2)nc(-c2ccnc(C(=O)OCOC(=O)C(C)(C)C)c2)nc1OC. The maximum atomic E-state index is 13.4. The molecule has 236 valence electrons. The van der Waals surface area contributed by atoms with Crippen LogP contribution in [0.25, 0.3) is 11.4 Å². The van der Waals surface area contributed by atoms with E-state index < -0.39 is 34.2 Å². The predicted molar refractivity (Wildman–Crippen MR) is 160 cm³/mol. The molecule has 0 aliphatic rings. The van der Waals surface area contributed by atoms with Crippen LogP contribution in [0.2, 0.25) is 0 Å². The normalized spacial score (nSPS) is 11.3. The summed E-state index contributed by atoms with van der Waals surface area (Å²) in [6, 6.07) is 12.4. The fraction of sp³-hybridized carbons (Fsp3) is 0.267. The smallest absolute Gasteiger partial charge is 0.359 e. The molecule has 3 aromatic heterocycles. The topological polar surface area (TPSA) is 178 Å². The van der Waals surface area contributed by atoms with E-state index in [2.05, 4.69) is 24.7 Å². The van der Waals surface area contributed by atoms with Gasteiger partial charge in [0.1, 0.15) is 5.69 Å². The highest BCUT2D eigenvalue weighted by molar-refractivity contribution is 7.92. The third-order valence-corrected chi connectivity index (χ3v) is 7.17. The molecular formula is C30H31N5O9S. The van der Waals surface area contributed by atoms with Gasteiger partial charge in [0, 0.05) is 18.0 Å². The van der Waals surface area contributed by atoms with E-state index in [0.717, 1.165) is 5.56 Å². The molecule has 15 heteroatoms. The Morgan fingerprint density at radius 3 is 2.29 bits per heavy atom. The zero-order valence-electron chi connectivity index (χ0n) is 25.4. The van der Waals surface area contributed by atoms with E-state index in [1.807, 2.05) is 0 Å². The first-order chi connectivity index (χ1) is 21.3. The molecule has 1 aromatic carbocycles. The molecule has 4 rings (SSSR count). The second-order valence-corrected chi connectivity index (χ2v) is 12.1. The number of rotatable bonds is 11. The van der Waals surface area contributed by atoms with Crippen LogP contribution in [-0.4, -0.2) is 61.3 Å². The Kier molecular flexibility index (Phi) is 9.82. The van der Waals surface area contributed by atoms with Crippen molar-refractivity contribution < 1.29 is 41.7 Å². The summed E-state index contributed by atoms with van der Waals surface area (Å²) in [5.41, 5.74) is 0.0819. The lowest BCUT2D eigenvalue weighted by Gasteiger charge is -2.17. The van der Waals surface area contributed by atoms with Gasteiger partial charge in [-0.2, -0.15) is 13.4 Å². The Labute approximate surface area is 259 Å². The summed E-state index contributed by atoms with van der Waals surface area (Å²) in [5, 5.41) is -0.267. The fourth-order valence-corrected chi connectivity index (χ4v) is 4.51. The molecule has 0 unspecified atom stereocenters. The average Bonchev–Trinajstić information content (AvgIpc) is 3.01. The summed E-state index contributed by atoms with van der Waals surface area (Å²) in [4.78, 5) is 41.5. The van der Waals surface area contributed by atoms with Crippen molar-refractivity contribution in [3.05, 3.63) is 72.2 Å². The monoisotopic (exact) mass is 637 g/mol. The number of para-hydroxylation sites is 2. The molecule has 4 aromatic rings. The molecule has 0 bridgehead atoms. The molecule has 0 amide bonds. The van der Waals surface area contributed by atoms with Gasteiger partial charge in [0.2, 0.25) is 12.5 Å². The fourth-order valence-electron chi connectivity index (χ4n) is 3.57. The number of sulfonamides is 1. The van der Waals surface area contributed by atoms with Crippen molar-refractivity contribution in [2.45, 2.75) is 32.7 Å². The van der Waals surface area contributed by atoms with E-state index in [1.165, 1.54) is 44.8 Å². The van der Waals surface area contributed by atoms with Crippen LogP contribution in [0, 0.1) is 12.3 Å². The molecule has 0 aliphatic heterocycles. The highest BCUT2D eigenvalue weighted by atomic mass is 32.2. The maximum absolute atomic E-state index is 13.4. The highest BCUT2D eigenvalue weighted by Gasteiger charge is 2.27. The number of nitrogens with one attached hydrogen (secondary N) is 1. The van der Waals surface area contributed by atoms with Crippen LogP contribution < -0.4 is 18.9 Å². The molecular weight excluding hydrogens is 606 g/mol. The van der Waals surface area contributed by atoms with Crippen LogP contribution in [0.15, 0.2) is 66.0 Å². The van der Waals surface area contributed by atoms with Gasteiger partial charge in [0.05, 0.1) is 19.6 Å². The molecule has 14 nitrogen and oxygen atoms in total. The second kappa shape index (κ2) is 13.5. The van der Waals surface area contributed by atoms with Crippen molar-refractivity contribution in [1.82, 2.24) is 19.9 Å².